The van der Waals surface area contributed by atoms with Crippen LogP contribution in [0.15, 0.2) is 0 Å². The molecule has 0 saturated heterocycles. The molecule has 0 atom stereocenters. The first kappa shape index (κ1) is 20.9. The largest absolute Gasteiger partial charge is 0.377 e. The lowest BCUT2D eigenvalue weighted by molar-refractivity contribution is -0.0142. The van der Waals surface area contributed by atoms with Gasteiger partial charge >= 0.3 is 0 Å². The fraction of sp³-hybridized carbons (Fsp3) is 0.750. The van der Waals surface area contributed by atoms with Crippen LogP contribution in [-0.2, 0) is 28.4 Å². The summed E-state index contributed by atoms with van der Waals surface area (Å²) in [6.07, 6.45) is 10.1. The summed E-state index contributed by atoms with van der Waals surface area (Å²) in [5.41, 5.74) is 0. The van der Waals surface area contributed by atoms with Crippen LogP contribution in [-0.4, -0.2) is 79.3 Å². The Kier molecular flexibility index (Phi) is 18.9. The third-order valence-corrected chi connectivity index (χ3v) is 2.23. The molecule has 0 aromatic rings. The summed E-state index contributed by atoms with van der Waals surface area (Å²) >= 11 is 0. The van der Waals surface area contributed by atoms with Gasteiger partial charge < -0.3 is 28.4 Å². The fourth-order valence-electron chi connectivity index (χ4n) is 1.26. The van der Waals surface area contributed by atoms with Gasteiger partial charge in [-0.3, -0.25) is 0 Å². The predicted octanol–water partition coefficient (Wildman–Crippen LogP) is 0.352. The quantitative estimate of drug-likeness (QED) is 0.285. The maximum Gasteiger partial charge on any atom is 0.107 e. The molecular weight excluding hydrogens is 288 g/mol. The third kappa shape index (κ3) is 18.9. The zero-order valence-corrected chi connectivity index (χ0v) is 13.1. The van der Waals surface area contributed by atoms with Crippen molar-refractivity contribution in [1.29, 1.82) is 0 Å². The highest BCUT2D eigenvalue weighted by Gasteiger charge is 1.93. The summed E-state index contributed by atoms with van der Waals surface area (Å²) in [5, 5.41) is 0. The van der Waals surface area contributed by atoms with Crippen LogP contribution in [0.3, 0.4) is 0 Å². The van der Waals surface area contributed by atoms with Gasteiger partial charge in [-0.25, -0.2) is 0 Å². The maximum absolute atomic E-state index is 5.33. The topological polar surface area (TPSA) is 55.4 Å². The molecule has 0 heterocycles. The van der Waals surface area contributed by atoms with Gasteiger partial charge in [-0.2, -0.15) is 0 Å². The van der Waals surface area contributed by atoms with Gasteiger partial charge in [0.1, 0.15) is 13.2 Å². The Balaban J connectivity index is 2.94. The minimum absolute atomic E-state index is 0.318. The number of rotatable bonds is 17. The third-order valence-electron chi connectivity index (χ3n) is 2.23. The molecule has 0 fully saturated rings. The van der Waals surface area contributed by atoms with E-state index in [2.05, 4.69) is 11.8 Å². The molecule has 0 unspecified atom stereocenters. The smallest absolute Gasteiger partial charge is 0.107 e. The molecule has 0 aliphatic rings. The molecule has 6 nitrogen and oxygen atoms in total. The molecule has 0 radical (unpaired) electrons. The molecule has 126 valence electrons. The maximum atomic E-state index is 5.33. The number of ether oxygens (including phenoxy) is 6. The number of hydrogen-bond donors (Lipinski definition) is 0. The van der Waals surface area contributed by atoms with Gasteiger partial charge in [0.15, 0.2) is 0 Å². The van der Waals surface area contributed by atoms with Crippen molar-refractivity contribution >= 4 is 0 Å². The van der Waals surface area contributed by atoms with Crippen molar-refractivity contribution in [3.8, 4) is 24.7 Å². The van der Waals surface area contributed by atoms with Crippen LogP contribution in [0.25, 0.3) is 0 Å². The zero-order valence-electron chi connectivity index (χ0n) is 13.1. The van der Waals surface area contributed by atoms with Crippen molar-refractivity contribution in [2.75, 3.05) is 79.3 Å². The highest BCUT2D eigenvalue weighted by Crippen LogP contribution is 1.84. The summed E-state index contributed by atoms with van der Waals surface area (Å²) < 4.78 is 31.3. The van der Waals surface area contributed by atoms with E-state index in [4.69, 9.17) is 41.3 Å². The predicted molar refractivity (Wildman–Crippen MR) is 82.6 cm³/mol. The molecule has 0 aliphatic heterocycles. The standard InChI is InChI=1S/C16H26O6/c1-3-5-17-7-9-19-11-13-21-15-16-22-14-12-20-10-8-18-6-4-2/h1-2H,5-16H2. The zero-order chi connectivity index (χ0) is 16.1. The van der Waals surface area contributed by atoms with E-state index in [1.807, 2.05) is 0 Å². The molecular formula is C16H26O6. The Labute approximate surface area is 133 Å². The Morgan fingerprint density at radius 3 is 0.864 bits per heavy atom. The monoisotopic (exact) mass is 314 g/mol. The first-order valence-electron chi connectivity index (χ1n) is 7.25. The highest BCUT2D eigenvalue weighted by atomic mass is 16.6. The van der Waals surface area contributed by atoms with E-state index >= 15 is 0 Å². The van der Waals surface area contributed by atoms with Gasteiger partial charge in [0, 0.05) is 0 Å². The Morgan fingerprint density at radius 1 is 0.409 bits per heavy atom. The summed E-state index contributed by atoms with van der Waals surface area (Å²) in [5.74, 6) is 4.77. The summed E-state index contributed by atoms with van der Waals surface area (Å²) in [4.78, 5) is 0. The van der Waals surface area contributed by atoms with E-state index in [-0.39, 0.29) is 0 Å². The van der Waals surface area contributed by atoms with Crippen LogP contribution < -0.4 is 0 Å². The minimum Gasteiger partial charge on any atom is -0.377 e. The Morgan fingerprint density at radius 2 is 0.636 bits per heavy atom. The van der Waals surface area contributed by atoms with Crippen LogP contribution in [0.2, 0.25) is 0 Å². The molecule has 0 N–H and O–H groups in total. The van der Waals surface area contributed by atoms with Crippen LogP contribution in [0.1, 0.15) is 0 Å². The molecule has 6 heteroatoms. The van der Waals surface area contributed by atoms with E-state index in [0.29, 0.717) is 79.3 Å². The molecule has 0 rings (SSSR count). The summed E-state index contributed by atoms with van der Waals surface area (Å²) in [6.45, 7) is 5.85. The van der Waals surface area contributed by atoms with E-state index in [0.717, 1.165) is 0 Å². The first-order chi connectivity index (χ1) is 10.9. The van der Waals surface area contributed by atoms with Gasteiger partial charge in [-0.05, 0) is 0 Å². The van der Waals surface area contributed by atoms with Crippen molar-refractivity contribution in [2.24, 2.45) is 0 Å². The molecule has 0 amide bonds. The lowest BCUT2D eigenvalue weighted by atomic mass is 10.6. The molecule has 0 spiro atoms. The highest BCUT2D eigenvalue weighted by molar-refractivity contribution is 4.83. The Bertz CT molecular complexity index is 264. The van der Waals surface area contributed by atoms with Crippen molar-refractivity contribution in [3.05, 3.63) is 0 Å². The normalized spacial score (nSPS) is 10.3. The van der Waals surface area contributed by atoms with Crippen LogP contribution in [0.5, 0.6) is 0 Å². The van der Waals surface area contributed by atoms with Crippen molar-refractivity contribution in [1.82, 2.24) is 0 Å². The van der Waals surface area contributed by atoms with Crippen molar-refractivity contribution in [2.45, 2.75) is 0 Å². The van der Waals surface area contributed by atoms with E-state index in [1.54, 1.807) is 0 Å². The van der Waals surface area contributed by atoms with E-state index in [9.17, 15) is 0 Å². The lowest BCUT2D eigenvalue weighted by Crippen LogP contribution is -2.14. The molecule has 0 saturated carbocycles. The molecule has 0 aliphatic carbocycles. The van der Waals surface area contributed by atoms with Crippen LogP contribution in [0.4, 0.5) is 0 Å². The van der Waals surface area contributed by atoms with Crippen LogP contribution in [0, 0.1) is 24.7 Å². The molecule has 22 heavy (non-hydrogen) atoms. The van der Waals surface area contributed by atoms with Gasteiger partial charge in [0.2, 0.25) is 0 Å². The van der Waals surface area contributed by atoms with Crippen molar-refractivity contribution < 1.29 is 28.4 Å². The second-order valence-electron chi connectivity index (χ2n) is 3.96. The lowest BCUT2D eigenvalue weighted by Gasteiger charge is -2.07. The van der Waals surface area contributed by atoms with Gasteiger partial charge in [-0.15, -0.1) is 12.8 Å². The minimum atomic E-state index is 0.318. The Hall–Kier alpha value is -1.12. The van der Waals surface area contributed by atoms with Crippen LogP contribution >= 0.6 is 0 Å². The number of hydrogen-bond acceptors (Lipinski definition) is 6. The molecule has 0 bridgehead atoms. The van der Waals surface area contributed by atoms with E-state index in [1.165, 1.54) is 0 Å². The van der Waals surface area contributed by atoms with Gasteiger partial charge in [0.25, 0.3) is 0 Å². The number of terminal acetylenes is 2. The average Bonchev–Trinajstić information content (AvgIpc) is 2.54. The van der Waals surface area contributed by atoms with E-state index < -0.39 is 0 Å². The second kappa shape index (κ2) is 19.9. The van der Waals surface area contributed by atoms with Gasteiger partial charge in [-0.1, -0.05) is 11.8 Å². The first-order valence-corrected chi connectivity index (χ1v) is 7.25. The second-order valence-corrected chi connectivity index (χ2v) is 3.96. The molecule has 0 aromatic carbocycles. The summed E-state index contributed by atoms with van der Waals surface area (Å²) in [6, 6.07) is 0. The fourth-order valence-corrected chi connectivity index (χ4v) is 1.26. The van der Waals surface area contributed by atoms with Gasteiger partial charge in [0.05, 0.1) is 66.1 Å². The SMILES string of the molecule is C#CCOCCOCCOCCOCCOCCOCC#C. The van der Waals surface area contributed by atoms with Crippen molar-refractivity contribution in [3.63, 3.8) is 0 Å². The summed E-state index contributed by atoms with van der Waals surface area (Å²) in [7, 11) is 0. The average molecular weight is 314 g/mol. The molecule has 0 aromatic heterocycles.